The quantitative estimate of drug-likeness (QED) is 0.663. The molecule has 2 aromatic rings. The molecule has 0 bridgehead atoms. The average molecular weight is 246 g/mol. The van der Waals surface area contributed by atoms with Crippen molar-refractivity contribution in [3.8, 4) is 0 Å². The van der Waals surface area contributed by atoms with Crippen molar-refractivity contribution < 1.29 is 4.92 Å². The summed E-state index contributed by atoms with van der Waals surface area (Å²) in [4.78, 5) is 10.4. The van der Waals surface area contributed by atoms with Gasteiger partial charge < -0.3 is 5.32 Å². The summed E-state index contributed by atoms with van der Waals surface area (Å²) in [6, 6.07) is 7.00. The van der Waals surface area contributed by atoms with Gasteiger partial charge in [-0.05, 0) is 19.1 Å². The van der Waals surface area contributed by atoms with E-state index in [-0.39, 0.29) is 10.6 Å². The summed E-state index contributed by atoms with van der Waals surface area (Å²) in [6.45, 7) is 2.27. The van der Waals surface area contributed by atoms with E-state index >= 15 is 0 Å². The molecule has 0 saturated heterocycles. The lowest BCUT2D eigenvalue weighted by atomic mass is 10.2. The predicted octanol–water partition coefficient (Wildman–Crippen LogP) is 2.25. The summed E-state index contributed by atoms with van der Waals surface area (Å²) in [7, 11) is 1.85. The van der Waals surface area contributed by atoms with Gasteiger partial charge in [0.05, 0.1) is 17.2 Å². The number of rotatable bonds is 4. The number of hydrogen-bond acceptors (Lipinski definition) is 4. The Morgan fingerprint density at radius 3 is 2.83 bits per heavy atom. The summed E-state index contributed by atoms with van der Waals surface area (Å²) < 4.78 is 1.72. The maximum Gasteiger partial charge on any atom is 0.274 e. The molecule has 0 fully saturated rings. The zero-order valence-corrected chi connectivity index (χ0v) is 10.3. The number of nitrogens with one attached hydrogen (secondary N) is 1. The molecule has 0 aliphatic heterocycles. The average Bonchev–Trinajstić information content (AvgIpc) is 2.74. The van der Waals surface area contributed by atoms with Crippen molar-refractivity contribution in [2.75, 3.05) is 5.32 Å². The van der Waals surface area contributed by atoms with Crippen molar-refractivity contribution in [1.82, 2.24) is 9.78 Å². The second-order valence-electron chi connectivity index (χ2n) is 4.09. The van der Waals surface area contributed by atoms with Gasteiger partial charge in [0.1, 0.15) is 0 Å². The number of benzene rings is 1. The Morgan fingerprint density at radius 2 is 2.22 bits per heavy atom. The van der Waals surface area contributed by atoms with E-state index in [1.807, 2.05) is 25.4 Å². The van der Waals surface area contributed by atoms with Crippen molar-refractivity contribution in [3.05, 3.63) is 51.8 Å². The fraction of sp³-hybridized carbons (Fsp3) is 0.250. The fourth-order valence-electron chi connectivity index (χ4n) is 1.67. The van der Waals surface area contributed by atoms with Crippen LogP contribution < -0.4 is 5.32 Å². The van der Waals surface area contributed by atoms with Crippen molar-refractivity contribution >= 4 is 11.4 Å². The van der Waals surface area contributed by atoms with E-state index in [9.17, 15) is 10.1 Å². The topological polar surface area (TPSA) is 73.0 Å². The molecule has 0 amide bonds. The van der Waals surface area contributed by atoms with E-state index in [4.69, 9.17) is 0 Å². The van der Waals surface area contributed by atoms with E-state index in [1.165, 1.54) is 6.07 Å². The largest absolute Gasteiger partial charge is 0.379 e. The first kappa shape index (κ1) is 12.1. The minimum atomic E-state index is -0.374. The molecule has 2 rings (SSSR count). The minimum Gasteiger partial charge on any atom is -0.379 e. The molecule has 1 heterocycles. The molecule has 0 spiro atoms. The van der Waals surface area contributed by atoms with E-state index in [0.717, 1.165) is 11.4 Å². The van der Waals surface area contributed by atoms with Crippen LogP contribution in [-0.4, -0.2) is 14.7 Å². The van der Waals surface area contributed by atoms with E-state index in [1.54, 1.807) is 17.7 Å². The number of aromatic nitrogens is 2. The molecule has 0 saturated carbocycles. The van der Waals surface area contributed by atoms with Crippen LogP contribution in [0.3, 0.4) is 0 Å². The second kappa shape index (κ2) is 4.87. The van der Waals surface area contributed by atoms with Gasteiger partial charge in [-0.15, -0.1) is 0 Å². The summed E-state index contributed by atoms with van der Waals surface area (Å²) in [5.74, 6) is 0. The van der Waals surface area contributed by atoms with Gasteiger partial charge in [-0.1, -0.05) is 6.07 Å². The highest BCUT2D eigenvalue weighted by Crippen LogP contribution is 2.22. The van der Waals surface area contributed by atoms with E-state index in [0.29, 0.717) is 12.1 Å². The van der Waals surface area contributed by atoms with Crippen LogP contribution >= 0.6 is 0 Å². The molecule has 0 aliphatic carbocycles. The molecule has 1 aromatic heterocycles. The molecule has 0 unspecified atom stereocenters. The van der Waals surface area contributed by atoms with Crippen LogP contribution in [-0.2, 0) is 13.6 Å². The van der Waals surface area contributed by atoms with Crippen molar-refractivity contribution in [2.24, 2.45) is 7.05 Å². The number of hydrogen-bond donors (Lipinski definition) is 1. The van der Waals surface area contributed by atoms with Crippen LogP contribution in [0.15, 0.2) is 30.5 Å². The van der Waals surface area contributed by atoms with Crippen LogP contribution in [0.5, 0.6) is 0 Å². The molecular formula is C12H14N4O2. The van der Waals surface area contributed by atoms with Gasteiger partial charge in [0.2, 0.25) is 0 Å². The third-order valence-corrected chi connectivity index (χ3v) is 2.65. The summed E-state index contributed by atoms with van der Waals surface area (Å²) in [5, 5.41) is 18.2. The van der Waals surface area contributed by atoms with Gasteiger partial charge in [-0.2, -0.15) is 5.10 Å². The Balaban J connectivity index is 2.10. The predicted molar refractivity (Wildman–Crippen MR) is 68.4 cm³/mol. The normalized spacial score (nSPS) is 10.3. The zero-order valence-electron chi connectivity index (χ0n) is 10.3. The molecule has 6 heteroatoms. The summed E-state index contributed by atoms with van der Waals surface area (Å²) in [6.07, 6.45) is 1.86. The van der Waals surface area contributed by atoms with Crippen LogP contribution in [0.1, 0.15) is 11.3 Å². The third-order valence-electron chi connectivity index (χ3n) is 2.65. The summed E-state index contributed by atoms with van der Waals surface area (Å²) >= 11 is 0. The van der Waals surface area contributed by atoms with Gasteiger partial charge in [0.25, 0.3) is 5.69 Å². The smallest absolute Gasteiger partial charge is 0.274 e. The van der Waals surface area contributed by atoms with Gasteiger partial charge in [-0.25, -0.2) is 0 Å². The third kappa shape index (κ3) is 2.65. The molecule has 0 atom stereocenters. The number of aryl methyl sites for hydroxylation is 2. The highest BCUT2D eigenvalue weighted by molar-refractivity contribution is 5.54. The maximum absolute atomic E-state index is 10.8. The van der Waals surface area contributed by atoms with Crippen molar-refractivity contribution in [1.29, 1.82) is 0 Å². The Kier molecular flexibility index (Phi) is 3.27. The molecule has 18 heavy (non-hydrogen) atoms. The lowest BCUT2D eigenvalue weighted by Gasteiger charge is -2.05. The Bertz CT molecular complexity index is 577. The fourth-order valence-corrected chi connectivity index (χ4v) is 1.67. The molecular weight excluding hydrogens is 232 g/mol. The SMILES string of the molecule is Cc1ccc(NCc2ccn(C)n2)cc1[N+](=O)[O-]. The monoisotopic (exact) mass is 246 g/mol. The van der Waals surface area contributed by atoms with Gasteiger partial charge >= 0.3 is 0 Å². The number of nitro benzene ring substituents is 1. The highest BCUT2D eigenvalue weighted by Gasteiger charge is 2.10. The zero-order chi connectivity index (χ0) is 13.1. The Morgan fingerprint density at radius 1 is 1.44 bits per heavy atom. The molecule has 94 valence electrons. The first-order chi connectivity index (χ1) is 8.56. The van der Waals surface area contributed by atoms with Crippen molar-refractivity contribution in [3.63, 3.8) is 0 Å². The number of anilines is 1. The van der Waals surface area contributed by atoms with E-state index in [2.05, 4.69) is 10.4 Å². The first-order valence-electron chi connectivity index (χ1n) is 5.53. The van der Waals surface area contributed by atoms with Crippen LogP contribution in [0.4, 0.5) is 11.4 Å². The summed E-state index contributed by atoms with van der Waals surface area (Å²) in [5.41, 5.74) is 2.39. The minimum absolute atomic E-state index is 0.126. The Hall–Kier alpha value is -2.37. The van der Waals surface area contributed by atoms with Gasteiger partial charge in [0, 0.05) is 30.6 Å². The maximum atomic E-state index is 10.8. The number of nitrogens with zero attached hydrogens (tertiary/aromatic N) is 3. The molecule has 1 aromatic carbocycles. The molecule has 6 nitrogen and oxygen atoms in total. The lowest BCUT2D eigenvalue weighted by Crippen LogP contribution is -2.02. The lowest BCUT2D eigenvalue weighted by molar-refractivity contribution is -0.385. The van der Waals surface area contributed by atoms with Gasteiger partial charge in [0.15, 0.2) is 0 Å². The van der Waals surface area contributed by atoms with Gasteiger partial charge in [-0.3, -0.25) is 14.8 Å². The Labute approximate surface area is 104 Å². The van der Waals surface area contributed by atoms with E-state index < -0.39 is 0 Å². The van der Waals surface area contributed by atoms with Crippen molar-refractivity contribution in [2.45, 2.75) is 13.5 Å². The highest BCUT2D eigenvalue weighted by atomic mass is 16.6. The first-order valence-corrected chi connectivity index (χ1v) is 5.53. The molecule has 0 aliphatic rings. The van der Waals surface area contributed by atoms with Crippen LogP contribution in [0.25, 0.3) is 0 Å². The second-order valence-corrected chi connectivity index (χ2v) is 4.09. The molecule has 1 N–H and O–H groups in total. The number of nitro groups is 1. The van der Waals surface area contributed by atoms with Crippen LogP contribution in [0.2, 0.25) is 0 Å². The standard InChI is InChI=1S/C12H14N4O2/c1-9-3-4-10(7-12(9)16(17)18)13-8-11-5-6-15(2)14-11/h3-7,13H,8H2,1-2H3. The molecule has 0 radical (unpaired) electrons. The van der Waals surface area contributed by atoms with Crippen LogP contribution in [0, 0.1) is 17.0 Å².